The molecular weight excluding hydrogens is 234 g/mol. The molecule has 86 valence electrons. The number of aromatic amines is 1. The van der Waals surface area contributed by atoms with Crippen LogP contribution in [-0.4, -0.2) is 0 Å². The molecule has 2 rings (SSSR count). The summed E-state index contributed by atoms with van der Waals surface area (Å²) in [5.74, 6) is 0. The van der Waals surface area contributed by atoms with Gasteiger partial charge in [0.1, 0.15) is 0 Å². The van der Waals surface area contributed by atoms with E-state index in [1.54, 1.807) is 0 Å². The van der Waals surface area contributed by atoms with Gasteiger partial charge >= 0.3 is 0 Å². The Kier molecular flexibility index (Phi) is 4.17. The van der Waals surface area contributed by atoms with Crippen LogP contribution in [0.3, 0.4) is 0 Å². The number of benzene rings is 1. The lowest BCUT2D eigenvalue weighted by atomic mass is 10.1. The second kappa shape index (κ2) is 5.20. The van der Waals surface area contributed by atoms with Crippen LogP contribution in [0.25, 0.3) is 10.9 Å². The van der Waals surface area contributed by atoms with Gasteiger partial charge in [0.25, 0.3) is 0 Å². The van der Waals surface area contributed by atoms with Crippen molar-refractivity contribution in [2.24, 2.45) is 0 Å². The number of H-pyrrole nitrogens is 1. The van der Waals surface area contributed by atoms with E-state index in [1.807, 2.05) is 12.3 Å². The summed E-state index contributed by atoms with van der Waals surface area (Å²) < 4.78 is 34.0. The lowest BCUT2D eigenvalue weighted by molar-refractivity contribution is -2.00. The maximum Gasteiger partial charge on any atom is 0.210 e. The number of aryl methyl sites for hydroxylation is 1. The quantitative estimate of drug-likeness (QED) is 0.498. The molecule has 0 radical (unpaired) electrons. The van der Waals surface area contributed by atoms with Gasteiger partial charge in [-0.05, 0) is 19.1 Å². The molecule has 0 amide bonds. The Morgan fingerprint density at radius 3 is 2.31 bits per heavy atom. The van der Waals surface area contributed by atoms with Crippen LogP contribution in [0.2, 0.25) is 0 Å². The van der Waals surface area contributed by atoms with Crippen molar-refractivity contribution in [3.8, 4) is 0 Å². The first kappa shape index (κ1) is 12.8. The molecule has 0 aliphatic rings. The number of rotatable bonds is 0. The number of hydrogen-bond acceptors (Lipinski definition) is 4. The monoisotopic (exact) mass is 243 g/mol. The van der Waals surface area contributed by atoms with Crippen LogP contribution in [0.15, 0.2) is 36.5 Å². The second-order valence-corrected chi connectivity index (χ2v) is 3.89. The molecule has 1 aromatic carbocycles. The Hall–Kier alpha value is -1.24. The van der Waals surface area contributed by atoms with Gasteiger partial charge < -0.3 is 0 Å². The first-order chi connectivity index (χ1) is 7.36. The van der Waals surface area contributed by atoms with Crippen molar-refractivity contribution in [2.45, 2.75) is 6.92 Å². The summed E-state index contributed by atoms with van der Waals surface area (Å²) in [6, 6.07) is 10.5. The minimum Gasteiger partial charge on any atom is -0.222 e. The predicted octanol–water partition coefficient (Wildman–Crippen LogP) is -2.79. The first-order valence-corrected chi connectivity index (χ1v) is 5.58. The molecule has 2 aromatic rings. The molecule has 1 aromatic heterocycles. The molecule has 6 heteroatoms. The van der Waals surface area contributed by atoms with Crippen molar-refractivity contribution in [3.05, 3.63) is 42.1 Å². The molecule has 5 nitrogen and oxygen atoms in total. The van der Waals surface area contributed by atoms with Gasteiger partial charge in [-0.15, -0.1) is 10.2 Å². The van der Waals surface area contributed by atoms with Gasteiger partial charge in [-0.2, -0.15) is 0 Å². The number of hydrogen-bond donors (Lipinski definition) is 0. The van der Waals surface area contributed by atoms with E-state index in [0.717, 1.165) is 0 Å². The lowest BCUT2D eigenvalue weighted by Gasteiger charge is -2.17. The molecule has 1 heterocycles. The van der Waals surface area contributed by atoms with Gasteiger partial charge in [0.15, 0.2) is 6.20 Å². The summed E-state index contributed by atoms with van der Waals surface area (Å²) in [5, 5.41) is 1.27. The highest BCUT2D eigenvalue weighted by molar-refractivity contribution is 5.75. The number of fused-ring (bicyclic) bond motifs is 1. The highest BCUT2D eigenvalue weighted by Crippen LogP contribution is 2.09. The Morgan fingerprint density at radius 2 is 1.69 bits per heavy atom. The normalized spacial score (nSPS) is 10.8. The highest BCUT2D eigenvalue weighted by atomic mass is 35.7. The standard InChI is InChI=1S/C10H9N.ClHO4/c1-8-4-5-10-9(7-8)3-2-6-11-10;2-1(3,4)5/h2-7H,1H3;(H,2,3,4,5). The summed E-state index contributed by atoms with van der Waals surface area (Å²) in [7, 11) is -4.94. The van der Waals surface area contributed by atoms with Crippen LogP contribution < -0.4 is 23.6 Å². The number of aromatic nitrogens is 1. The molecule has 16 heavy (non-hydrogen) atoms. The average Bonchev–Trinajstić information content (AvgIpc) is 2.15. The van der Waals surface area contributed by atoms with E-state index in [4.69, 9.17) is 18.6 Å². The molecule has 0 saturated heterocycles. The van der Waals surface area contributed by atoms with E-state index in [0.29, 0.717) is 0 Å². The van der Waals surface area contributed by atoms with E-state index in [2.05, 4.69) is 36.2 Å². The smallest absolute Gasteiger partial charge is 0.210 e. The molecule has 0 fully saturated rings. The molecule has 1 N–H and O–H groups in total. The number of nitrogens with one attached hydrogen (secondary N) is 1. The zero-order chi connectivity index (χ0) is 12.2. The molecule has 0 bridgehead atoms. The van der Waals surface area contributed by atoms with Crippen LogP contribution in [0.5, 0.6) is 0 Å². The molecule has 0 unspecified atom stereocenters. The molecule has 0 saturated carbocycles. The molecule has 0 atom stereocenters. The van der Waals surface area contributed by atoms with Crippen molar-refractivity contribution in [2.75, 3.05) is 0 Å². The fourth-order valence-corrected chi connectivity index (χ4v) is 1.24. The minimum atomic E-state index is -4.94. The minimum absolute atomic E-state index is 1.19. The summed E-state index contributed by atoms with van der Waals surface area (Å²) in [5.41, 5.74) is 2.50. The van der Waals surface area contributed by atoms with Gasteiger partial charge in [0, 0.05) is 17.5 Å². The van der Waals surface area contributed by atoms with Crippen LogP contribution in [0.1, 0.15) is 5.56 Å². The summed E-state index contributed by atoms with van der Waals surface area (Å²) in [4.78, 5) is 3.18. The number of halogens is 1. The van der Waals surface area contributed by atoms with Gasteiger partial charge in [0.05, 0.1) is 0 Å². The lowest BCUT2D eigenvalue weighted by Crippen LogP contribution is -2.68. The van der Waals surface area contributed by atoms with Crippen molar-refractivity contribution >= 4 is 10.9 Å². The van der Waals surface area contributed by atoms with E-state index in [-0.39, 0.29) is 0 Å². The van der Waals surface area contributed by atoms with Crippen LogP contribution in [0, 0.1) is 17.2 Å². The Morgan fingerprint density at radius 1 is 1.06 bits per heavy atom. The third-order valence-electron chi connectivity index (χ3n) is 1.82. The molecular formula is C10H10ClNO4. The van der Waals surface area contributed by atoms with Crippen LogP contribution in [0.4, 0.5) is 0 Å². The van der Waals surface area contributed by atoms with Crippen molar-refractivity contribution in [1.82, 2.24) is 0 Å². The van der Waals surface area contributed by atoms with E-state index < -0.39 is 10.2 Å². The third-order valence-corrected chi connectivity index (χ3v) is 1.82. The summed E-state index contributed by atoms with van der Waals surface area (Å²) >= 11 is 0. The summed E-state index contributed by atoms with van der Waals surface area (Å²) in [6.45, 7) is 2.10. The van der Waals surface area contributed by atoms with Gasteiger partial charge in [-0.1, -0.05) is 11.6 Å². The SMILES string of the molecule is Cc1ccc2[nH+]cccc2c1.[O-][Cl+3]([O-])([O-])[O-]. The largest absolute Gasteiger partial charge is 0.222 e. The van der Waals surface area contributed by atoms with E-state index in [9.17, 15) is 0 Å². The Balaban J connectivity index is 0.000000221. The maximum absolute atomic E-state index is 8.49. The van der Waals surface area contributed by atoms with E-state index >= 15 is 0 Å². The van der Waals surface area contributed by atoms with Crippen molar-refractivity contribution < 1.29 is 33.9 Å². The first-order valence-electron chi connectivity index (χ1n) is 4.35. The number of pyridine rings is 1. The summed E-state index contributed by atoms with van der Waals surface area (Å²) in [6.07, 6.45) is 1.94. The van der Waals surface area contributed by atoms with Crippen molar-refractivity contribution in [1.29, 1.82) is 0 Å². The van der Waals surface area contributed by atoms with Crippen LogP contribution in [-0.2, 0) is 0 Å². The third kappa shape index (κ3) is 5.01. The molecule has 0 aliphatic carbocycles. The van der Waals surface area contributed by atoms with Gasteiger partial charge in [0.2, 0.25) is 5.52 Å². The molecule has 0 aliphatic heterocycles. The second-order valence-electron chi connectivity index (χ2n) is 3.14. The maximum atomic E-state index is 8.49. The van der Waals surface area contributed by atoms with Gasteiger partial charge in [-0.25, -0.2) is 23.6 Å². The molecule has 0 spiro atoms. The highest BCUT2D eigenvalue weighted by Gasteiger charge is 1.96. The fourth-order valence-electron chi connectivity index (χ4n) is 1.24. The van der Waals surface area contributed by atoms with Crippen LogP contribution >= 0.6 is 0 Å². The van der Waals surface area contributed by atoms with Crippen molar-refractivity contribution in [3.63, 3.8) is 0 Å². The topological polar surface area (TPSA) is 106 Å². The zero-order valence-electron chi connectivity index (χ0n) is 8.48. The average molecular weight is 244 g/mol. The Bertz CT molecular complexity index is 464. The zero-order valence-corrected chi connectivity index (χ0v) is 9.23. The van der Waals surface area contributed by atoms with Gasteiger partial charge in [-0.3, -0.25) is 0 Å². The van der Waals surface area contributed by atoms with E-state index in [1.165, 1.54) is 16.5 Å². The Labute approximate surface area is 94.3 Å². The fraction of sp³-hybridized carbons (Fsp3) is 0.100. The predicted molar refractivity (Wildman–Crippen MR) is 45.2 cm³/mol.